The van der Waals surface area contributed by atoms with Crippen LogP contribution in [0.1, 0.15) is 5.56 Å². The molecule has 0 spiro atoms. The van der Waals surface area contributed by atoms with Crippen LogP contribution in [0.5, 0.6) is 0 Å². The normalized spacial score (nSPS) is 11.4. The minimum absolute atomic E-state index is 0.000963. The molecule has 0 atom stereocenters. The molecule has 0 aliphatic rings. The summed E-state index contributed by atoms with van der Waals surface area (Å²) in [5.74, 6) is -0.240. The van der Waals surface area contributed by atoms with Gasteiger partial charge in [0.25, 0.3) is 15.6 Å². The number of halogens is 1. The van der Waals surface area contributed by atoms with Crippen molar-refractivity contribution >= 4 is 37.5 Å². The fourth-order valence-corrected chi connectivity index (χ4v) is 4.41. The highest BCUT2D eigenvalue weighted by atomic mass is 79.9. The van der Waals surface area contributed by atoms with Gasteiger partial charge in [-0.15, -0.1) is 0 Å². The number of nitrogen functional groups attached to an aromatic ring is 1. The summed E-state index contributed by atoms with van der Waals surface area (Å²) in [6.07, 6.45) is 0. The smallest absolute Gasteiger partial charge is 0.330 e. The van der Waals surface area contributed by atoms with E-state index in [0.29, 0.717) is 0 Å². The van der Waals surface area contributed by atoms with E-state index in [-0.39, 0.29) is 22.9 Å². The highest BCUT2D eigenvalue weighted by Crippen LogP contribution is 2.23. The van der Waals surface area contributed by atoms with Crippen LogP contribution in [0.3, 0.4) is 0 Å². The fourth-order valence-electron chi connectivity index (χ4n) is 2.73. The third-order valence-corrected chi connectivity index (χ3v) is 6.43. The summed E-state index contributed by atoms with van der Waals surface area (Å²) in [7, 11) is -2.82. The molecular weight excluding hydrogens is 448 g/mol. The lowest BCUT2D eigenvalue weighted by atomic mass is 10.2. The van der Waals surface area contributed by atoms with Crippen molar-refractivity contribution in [2.75, 3.05) is 17.1 Å². The molecule has 0 amide bonds. The predicted molar refractivity (Wildman–Crippen MR) is 111 cm³/mol. The maximum atomic E-state index is 12.9. The first-order valence-corrected chi connectivity index (χ1v) is 10.4. The summed E-state index contributed by atoms with van der Waals surface area (Å²) < 4.78 is 28.4. The molecule has 3 aromatic rings. The molecule has 0 saturated heterocycles. The van der Waals surface area contributed by atoms with E-state index in [9.17, 15) is 18.0 Å². The number of nitrogens with one attached hydrogen (secondary N) is 1. The molecule has 0 aliphatic carbocycles. The second-order valence-electron chi connectivity index (χ2n) is 5.99. The number of nitrogens with zero attached hydrogens (tertiary/aromatic N) is 2. The number of rotatable bonds is 5. The molecule has 0 unspecified atom stereocenters. The SMILES string of the molecule is CN(c1c(N)n(Cc2cccc(Br)c2)c(=O)[nH]c1=O)S(=O)(=O)c1ccccc1. The molecule has 0 saturated carbocycles. The van der Waals surface area contributed by atoms with Crippen LogP contribution in [0.2, 0.25) is 0 Å². The Kier molecular flexibility index (Phi) is 5.43. The van der Waals surface area contributed by atoms with Gasteiger partial charge in [-0.25, -0.2) is 13.2 Å². The largest absolute Gasteiger partial charge is 0.383 e. The zero-order chi connectivity index (χ0) is 20.5. The first kappa shape index (κ1) is 19.9. The van der Waals surface area contributed by atoms with Gasteiger partial charge in [0.1, 0.15) is 5.82 Å². The number of anilines is 2. The van der Waals surface area contributed by atoms with Gasteiger partial charge in [0.2, 0.25) is 0 Å². The lowest BCUT2D eigenvalue weighted by Crippen LogP contribution is -2.39. The number of nitrogens with two attached hydrogens (primary N) is 1. The van der Waals surface area contributed by atoms with E-state index >= 15 is 0 Å². The molecule has 2 aromatic carbocycles. The molecule has 1 aromatic heterocycles. The summed E-state index contributed by atoms with van der Waals surface area (Å²) in [5, 5.41) is 0. The third kappa shape index (κ3) is 3.73. The van der Waals surface area contributed by atoms with Crippen molar-refractivity contribution < 1.29 is 8.42 Å². The highest BCUT2D eigenvalue weighted by Gasteiger charge is 2.27. The minimum Gasteiger partial charge on any atom is -0.383 e. The van der Waals surface area contributed by atoms with Gasteiger partial charge < -0.3 is 5.73 Å². The minimum atomic E-state index is -4.04. The summed E-state index contributed by atoms with van der Waals surface area (Å²) in [4.78, 5) is 26.8. The van der Waals surface area contributed by atoms with E-state index in [2.05, 4.69) is 20.9 Å². The van der Waals surface area contributed by atoms with Crippen LogP contribution in [0.15, 0.2) is 73.6 Å². The molecular formula is C18H17BrN4O4S. The molecule has 3 rings (SSSR count). The number of H-pyrrole nitrogens is 1. The Morgan fingerprint density at radius 1 is 1.11 bits per heavy atom. The summed E-state index contributed by atoms with van der Waals surface area (Å²) in [6, 6.07) is 14.8. The first-order valence-electron chi connectivity index (χ1n) is 8.13. The Morgan fingerprint density at radius 3 is 2.43 bits per heavy atom. The molecule has 0 aliphatic heterocycles. The van der Waals surface area contributed by atoms with Gasteiger partial charge in [0.15, 0.2) is 5.69 Å². The van der Waals surface area contributed by atoms with E-state index in [1.165, 1.54) is 19.2 Å². The van der Waals surface area contributed by atoms with Crippen LogP contribution >= 0.6 is 15.9 Å². The number of hydrogen-bond donors (Lipinski definition) is 2. The van der Waals surface area contributed by atoms with E-state index in [4.69, 9.17) is 5.73 Å². The monoisotopic (exact) mass is 464 g/mol. The van der Waals surface area contributed by atoms with Crippen molar-refractivity contribution in [2.24, 2.45) is 0 Å². The molecule has 146 valence electrons. The van der Waals surface area contributed by atoms with Crippen molar-refractivity contribution in [3.8, 4) is 0 Å². The molecule has 28 heavy (non-hydrogen) atoms. The molecule has 8 nitrogen and oxygen atoms in total. The molecule has 0 bridgehead atoms. The fraction of sp³-hybridized carbons (Fsp3) is 0.111. The van der Waals surface area contributed by atoms with Crippen molar-refractivity contribution in [1.29, 1.82) is 0 Å². The van der Waals surface area contributed by atoms with Crippen molar-refractivity contribution in [3.63, 3.8) is 0 Å². The standard InChI is InChI=1S/C18H17BrN4O4S/c1-22(28(26,27)14-8-3-2-4-9-14)15-16(20)23(18(25)21-17(15)24)11-12-6-5-7-13(19)10-12/h2-10H,11,20H2,1H3,(H,21,24,25). The van der Waals surface area contributed by atoms with Crippen LogP contribution in [0.4, 0.5) is 11.5 Å². The summed E-state index contributed by atoms with van der Waals surface area (Å²) in [5.41, 5.74) is 4.89. The Balaban J connectivity index is 2.12. The summed E-state index contributed by atoms with van der Waals surface area (Å²) >= 11 is 3.35. The Morgan fingerprint density at radius 2 is 1.79 bits per heavy atom. The maximum Gasteiger partial charge on any atom is 0.330 e. The van der Waals surface area contributed by atoms with Gasteiger partial charge in [-0.05, 0) is 29.8 Å². The van der Waals surface area contributed by atoms with E-state index in [1.54, 1.807) is 36.4 Å². The molecule has 3 N–H and O–H groups in total. The van der Waals surface area contributed by atoms with Crippen molar-refractivity contribution in [3.05, 3.63) is 85.5 Å². The topological polar surface area (TPSA) is 118 Å². The number of sulfonamides is 1. The van der Waals surface area contributed by atoms with Crippen molar-refractivity contribution in [1.82, 2.24) is 9.55 Å². The third-order valence-electron chi connectivity index (χ3n) is 4.16. The average Bonchev–Trinajstić information content (AvgIpc) is 2.65. The second kappa shape index (κ2) is 7.64. The van der Waals surface area contributed by atoms with Crippen LogP contribution in [0, 0.1) is 0 Å². The van der Waals surface area contributed by atoms with Crippen LogP contribution in [0.25, 0.3) is 0 Å². The van der Waals surface area contributed by atoms with Gasteiger partial charge >= 0.3 is 5.69 Å². The van der Waals surface area contributed by atoms with Gasteiger partial charge in [-0.2, -0.15) is 0 Å². The molecule has 1 heterocycles. The first-order chi connectivity index (χ1) is 13.2. The lowest BCUT2D eigenvalue weighted by Gasteiger charge is -2.21. The Bertz CT molecular complexity index is 1240. The zero-order valence-corrected chi connectivity index (χ0v) is 17.2. The molecule has 0 radical (unpaired) electrons. The average molecular weight is 465 g/mol. The van der Waals surface area contributed by atoms with Gasteiger partial charge in [0.05, 0.1) is 11.4 Å². The predicted octanol–water partition coefficient (Wildman–Crippen LogP) is 1.75. The van der Waals surface area contributed by atoms with Crippen LogP contribution < -0.4 is 21.3 Å². The van der Waals surface area contributed by atoms with E-state index in [1.807, 2.05) is 6.07 Å². The number of hydrogen-bond acceptors (Lipinski definition) is 5. The lowest BCUT2D eigenvalue weighted by molar-refractivity contribution is 0.593. The Hall–Kier alpha value is -2.85. The number of aromatic nitrogens is 2. The van der Waals surface area contributed by atoms with Crippen LogP contribution in [-0.4, -0.2) is 25.0 Å². The van der Waals surface area contributed by atoms with E-state index < -0.39 is 21.3 Å². The molecule has 0 fully saturated rings. The van der Waals surface area contributed by atoms with Gasteiger partial charge in [0, 0.05) is 11.5 Å². The van der Waals surface area contributed by atoms with Gasteiger partial charge in [-0.1, -0.05) is 46.3 Å². The maximum absolute atomic E-state index is 12.9. The Labute approximate surface area is 169 Å². The zero-order valence-electron chi connectivity index (χ0n) is 14.8. The van der Waals surface area contributed by atoms with E-state index in [0.717, 1.165) is 18.9 Å². The highest BCUT2D eigenvalue weighted by molar-refractivity contribution is 9.10. The van der Waals surface area contributed by atoms with Gasteiger partial charge in [-0.3, -0.25) is 18.7 Å². The quantitative estimate of drug-likeness (QED) is 0.596. The van der Waals surface area contributed by atoms with Crippen molar-refractivity contribution in [2.45, 2.75) is 11.4 Å². The molecule has 10 heteroatoms. The summed E-state index contributed by atoms with van der Waals surface area (Å²) in [6.45, 7) is 0.0626. The number of aromatic amines is 1. The number of benzene rings is 2. The van der Waals surface area contributed by atoms with Crippen LogP contribution in [-0.2, 0) is 16.6 Å². The second-order valence-corrected chi connectivity index (χ2v) is 8.88.